The van der Waals surface area contributed by atoms with E-state index in [1.165, 1.54) is 11.3 Å². The minimum Gasteiger partial charge on any atom is -0.369 e. The van der Waals surface area contributed by atoms with Gasteiger partial charge in [0.2, 0.25) is 0 Å². The molecule has 1 aromatic carbocycles. The molecule has 0 saturated carbocycles. The maximum Gasteiger partial charge on any atom is 0.0656 e. The minimum atomic E-state index is 0.228. The van der Waals surface area contributed by atoms with E-state index in [9.17, 15) is 0 Å². The first-order valence-corrected chi connectivity index (χ1v) is 7.24. The lowest BCUT2D eigenvalue weighted by Gasteiger charge is -2.35. The Morgan fingerprint density at radius 2 is 1.58 bits per heavy atom. The van der Waals surface area contributed by atoms with Crippen LogP contribution in [0, 0.1) is 0 Å². The summed E-state index contributed by atoms with van der Waals surface area (Å²) in [6.45, 7) is 13.6. The summed E-state index contributed by atoms with van der Waals surface area (Å²) in [7, 11) is 0. The Bertz CT molecular complexity index is 386. The topological polar surface area (TPSA) is 15.7 Å². The van der Waals surface area contributed by atoms with Crippen molar-refractivity contribution in [1.29, 1.82) is 0 Å². The molecule has 0 amide bonds. The van der Waals surface area contributed by atoms with Crippen molar-refractivity contribution in [3.63, 3.8) is 0 Å². The van der Waals surface area contributed by atoms with Gasteiger partial charge in [-0.25, -0.2) is 0 Å². The number of hydrogen-bond acceptors (Lipinski definition) is 3. The van der Waals surface area contributed by atoms with Gasteiger partial charge in [0, 0.05) is 31.9 Å². The van der Waals surface area contributed by atoms with Crippen LogP contribution in [0.15, 0.2) is 24.3 Å². The summed E-state index contributed by atoms with van der Waals surface area (Å²) in [5.74, 6) is 0. The highest BCUT2D eigenvalue weighted by Crippen LogP contribution is 2.25. The van der Waals surface area contributed by atoms with Gasteiger partial charge in [0.15, 0.2) is 0 Å². The van der Waals surface area contributed by atoms with Crippen LogP contribution < -0.4 is 4.90 Å². The first-order chi connectivity index (χ1) is 9.00. The maximum absolute atomic E-state index is 5.54. The molecule has 1 fully saturated rings. The standard InChI is InChI=1S/C16H26N2O/c1-5-19-18-12-10-17(11-13-18)15-8-6-14(7-9-15)16(2,3)4/h6-9H,5,10-13H2,1-4H3. The monoisotopic (exact) mass is 262 g/mol. The Kier molecular flexibility index (Phi) is 4.48. The molecule has 0 bridgehead atoms. The lowest BCUT2D eigenvalue weighted by molar-refractivity contribution is -0.156. The van der Waals surface area contributed by atoms with Gasteiger partial charge in [-0.1, -0.05) is 32.9 Å². The molecule has 3 heteroatoms. The van der Waals surface area contributed by atoms with Gasteiger partial charge >= 0.3 is 0 Å². The van der Waals surface area contributed by atoms with E-state index < -0.39 is 0 Å². The summed E-state index contributed by atoms with van der Waals surface area (Å²) in [6.07, 6.45) is 0. The molecule has 1 aliphatic rings. The number of nitrogens with zero attached hydrogens (tertiary/aromatic N) is 2. The van der Waals surface area contributed by atoms with Crippen molar-refractivity contribution < 1.29 is 4.84 Å². The zero-order chi connectivity index (χ0) is 13.9. The van der Waals surface area contributed by atoms with Crippen LogP contribution in [0.1, 0.15) is 33.3 Å². The summed E-state index contributed by atoms with van der Waals surface area (Å²) in [6, 6.07) is 9.00. The summed E-state index contributed by atoms with van der Waals surface area (Å²) >= 11 is 0. The Balaban J connectivity index is 1.97. The van der Waals surface area contributed by atoms with E-state index in [4.69, 9.17) is 4.84 Å². The van der Waals surface area contributed by atoms with Crippen LogP contribution in [-0.4, -0.2) is 37.8 Å². The SMILES string of the molecule is CCON1CCN(c2ccc(C(C)(C)C)cc2)CC1. The Morgan fingerprint density at radius 1 is 1.00 bits per heavy atom. The Morgan fingerprint density at radius 3 is 2.05 bits per heavy atom. The highest BCUT2D eigenvalue weighted by Gasteiger charge is 2.18. The summed E-state index contributed by atoms with van der Waals surface area (Å²) < 4.78 is 0. The molecule has 0 aromatic heterocycles. The first kappa shape index (κ1) is 14.4. The van der Waals surface area contributed by atoms with Crippen LogP contribution >= 0.6 is 0 Å². The average molecular weight is 262 g/mol. The van der Waals surface area contributed by atoms with Crippen molar-refractivity contribution in [2.24, 2.45) is 0 Å². The fourth-order valence-corrected chi connectivity index (χ4v) is 2.43. The molecule has 1 heterocycles. The highest BCUT2D eigenvalue weighted by molar-refractivity contribution is 5.48. The molecule has 1 saturated heterocycles. The number of hydrogen-bond donors (Lipinski definition) is 0. The molecule has 0 aliphatic carbocycles. The van der Waals surface area contributed by atoms with Crippen molar-refractivity contribution >= 4 is 5.69 Å². The minimum absolute atomic E-state index is 0.228. The lowest BCUT2D eigenvalue weighted by Crippen LogP contribution is -2.46. The normalized spacial score (nSPS) is 17.8. The van der Waals surface area contributed by atoms with Gasteiger partial charge < -0.3 is 4.90 Å². The van der Waals surface area contributed by atoms with Crippen molar-refractivity contribution in [2.45, 2.75) is 33.1 Å². The predicted octanol–water partition coefficient (Wildman–Crippen LogP) is 3.06. The van der Waals surface area contributed by atoms with Crippen LogP contribution in [0.25, 0.3) is 0 Å². The second-order valence-electron chi connectivity index (χ2n) is 6.13. The van der Waals surface area contributed by atoms with Crippen molar-refractivity contribution in [1.82, 2.24) is 5.06 Å². The molecule has 1 aromatic rings. The second-order valence-corrected chi connectivity index (χ2v) is 6.13. The number of rotatable bonds is 3. The summed E-state index contributed by atoms with van der Waals surface area (Å²) in [4.78, 5) is 7.97. The van der Waals surface area contributed by atoms with Crippen LogP contribution in [0.2, 0.25) is 0 Å². The van der Waals surface area contributed by atoms with Gasteiger partial charge in [-0.2, -0.15) is 5.06 Å². The maximum atomic E-state index is 5.54. The van der Waals surface area contributed by atoms with Gasteiger partial charge in [-0.05, 0) is 30.0 Å². The second kappa shape index (κ2) is 5.93. The van der Waals surface area contributed by atoms with Gasteiger partial charge in [-0.3, -0.25) is 4.84 Å². The zero-order valence-corrected chi connectivity index (χ0v) is 12.6. The molecule has 0 radical (unpaired) electrons. The van der Waals surface area contributed by atoms with Gasteiger partial charge in [0.1, 0.15) is 0 Å². The quantitative estimate of drug-likeness (QED) is 0.832. The predicted molar refractivity (Wildman–Crippen MR) is 80.6 cm³/mol. The van der Waals surface area contributed by atoms with Crippen molar-refractivity contribution in [2.75, 3.05) is 37.7 Å². The van der Waals surface area contributed by atoms with E-state index in [2.05, 4.69) is 55.0 Å². The molecule has 0 N–H and O–H groups in total. The third kappa shape index (κ3) is 3.71. The van der Waals surface area contributed by atoms with E-state index >= 15 is 0 Å². The largest absolute Gasteiger partial charge is 0.369 e. The molecular formula is C16H26N2O. The molecular weight excluding hydrogens is 236 g/mol. The molecule has 1 aliphatic heterocycles. The van der Waals surface area contributed by atoms with Crippen molar-refractivity contribution in [3.8, 4) is 0 Å². The molecule has 106 valence electrons. The average Bonchev–Trinajstić information content (AvgIpc) is 2.39. The van der Waals surface area contributed by atoms with E-state index in [1.54, 1.807) is 0 Å². The molecule has 0 unspecified atom stereocenters. The van der Waals surface area contributed by atoms with Gasteiger partial charge in [0.05, 0.1) is 6.61 Å². The smallest absolute Gasteiger partial charge is 0.0656 e. The number of benzene rings is 1. The number of hydroxylamine groups is 2. The van der Waals surface area contributed by atoms with E-state index in [0.29, 0.717) is 0 Å². The first-order valence-electron chi connectivity index (χ1n) is 7.24. The van der Waals surface area contributed by atoms with Crippen molar-refractivity contribution in [3.05, 3.63) is 29.8 Å². The van der Waals surface area contributed by atoms with Gasteiger partial charge in [-0.15, -0.1) is 0 Å². The molecule has 19 heavy (non-hydrogen) atoms. The molecule has 3 nitrogen and oxygen atoms in total. The molecule has 0 spiro atoms. The highest BCUT2D eigenvalue weighted by atomic mass is 16.7. The zero-order valence-electron chi connectivity index (χ0n) is 12.6. The number of piperazine rings is 1. The lowest BCUT2D eigenvalue weighted by atomic mass is 9.87. The Hall–Kier alpha value is -1.06. The van der Waals surface area contributed by atoms with Crippen LogP contribution in [-0.2, 0) is 10.3 Å². The summed E-state index contributed by atoms with van der Waals surface area (Å²) in [5, 5.41) is 2.07. The third-order valence-electron chi connectivity index (χ3n) is 3.65. The van der Waals surface area contributed by atoms with Crippen LogP contribution in [0.5, 0.6) is 0 Å². The third-order valence-corrected chi connectivity index (χ3v) is 3.65. The van der Waals surface area contributed by atoms with Crippen LogP contribution in [0.3, 0.4) is 0 Å². The Labute approximate surface area is 117 Å². The van der Waals surface area contributed by atoms with E-state index in [-0.39, 0.29) is 5.41 Å². The molecule has 2 rings (SSSR count). The van der Waals surface area contributed by atoms with Gasteiger partial charge in [0.25, 0.3) is 0 Å². The van der Waals surface area contributed by atoms with E-state index in [0.717, 1.165) is 32.8 Å². The van der Waals surface area contributed by atoms with Crippen LogP contribution in [0.4, 0.5) is 5.69 Å². The summed E-state index contributed by atoms with van der Waals surface area (Å²) in [5.41, 5.74) is 2.94. The fraction of sp³-hybridized carbons (Fsp3) is 0.625. The number of anilines is 1. The molecule has 0 atom stereocenters. The fourth-order valence-electron chi connectivity index (χ4n) is 2.43. The van der Waals surface area contributed by atoms with E-state index in [1.807, 2.05) is 6.92 Å².